The first-order valence-corrected chi connectivity index (χ1v) is 9.72. The van der Waals surface area contributed by atoms with Crippen LogP contribution >= 0.6 is 0 Å². The van der Waals surface area contributed by atoms with Crippen LogP contribution in [0.15, 0.2) is 67.3 Å². The third kappa shape index (κ3) is 5.07. The Morgan fingerprint density at radius 2 is 2.03 bits per heavy atom. The van der Waals surface area contributed by atoms with Crippen molar-refractivity contribution in [3.05, 3.63) is 72.8 Å². The Hall–Kier alpha value is -3.48. The van der Waals surface area contributed by atoms with E-state index in [0.29, 0.717) is 24.8 Å². The van der Waals surface area contributed by atoms with Gasteiger partial charge in [0.1, 0.15) is 12.4 Å². The Balaban J connectivity index is 1.35. The van der Waals surface area contributed by atoms with Gasteiger partial charge in [-0.3, -0.25) is 9.78 Å². The highest BCUT2D eigenvalue weighted by Gasteiger charge is 2.27. The standard InChI is InChI=1S/C22H23N5O2/c28-21(18-6-3-12-27(15-18)22-24-10-4-11-25-22)26-19-7-1-8-20(13-19)29-16-17-5-2-9-23-14-17/h1-2,4-5,7-11,13-14,18H,3,6,12,15-16H2,(H,26,28). The van der Waals surface area contributed by atoms with E-state index in [4.69, 9.17) is 4.74 Å². The average molecular weight is 389 g/mol. The number of ether oxygens (including phenoxy) is 1. The van der Waals surface area contributed by atoms with E-state index < -0.39 is 0 Å². The molecule has 1 fully saturated rings. The zero-order chi connectivity index (χ0) is 19.9. The van der Waals surface area contributed by atoms with E-state index in [2.05, 4.69) is 25.2 Å². The molecule has 0 aliphatic carbocycles. The number of rotatable bonds is 6. The van der Waals surface area contributed by atoms with Crippen LogP contribution in [0.2, 0.25) is 0 Å². The summed E-state index contributed by atoms with van der Waals surface area (Å²) < 4.78 is 5.82. The van der Waals surface area contributed by atoms with Crippen LogP contribution in [0, 0.1) is 5.92 Å². The number of hydrogen-bond donors (Lipinski definition) is 1. The molecule has 7 heteroatoms. The second-order valence-corrected chi connectivity index (χ2v) is 7.00. The lowest BCUT2D eigenvalue weighted by Gasteiger charge is -2.31. The highest BCUT2D eigenvalue weighted by atomic mass is 16.5. The van der Waals surface area contributed by atoms with Crippen molar-refractivity contribution in [1.29, 1.82) is 0 Å². The molecule has 1 unspecified atom stereocenters. The normalized spacial score (nSPS) is 16.3. The number of pyridine rings is 1. The van der Waals surface area contributed by atoms with Gasteiger partial charge >= 0.3 is 0 Å². The van der Waals surface area contributed by atoms with E-state index in [1.165, 1.54) is 0 Å². The van der Waals surface area contributed by atoms with Gasteiger partial charge in [-0.15, -0.1) is 0 Å². The van der Waals surface area contributed by atoms with E-state index in [0.717, 1.165) is 30.6 Å². The van der Waals surface area contributed by atoms with E-state index >= 15 is 0 Å². The molecular weight excluding hydrogens is 366 g/mol. The fourth-order valence-electron chi connectivity index (χ4n) is 3.39. The summed E-state index contributed by atoms with van der Waals surface area (Å²) >= 11 is 0. The Kier molecular flexibility index (Phi) is 5.95. The molecular formula is C22H23N5O2. The van der Waals surface area contributed by atoms with E-state index in [9.17, 15) is 4.79 Å². The van der Waals surface area contributed by atoms with Crippen LogP contribution in [-0.2, 0) is 11.4 Å². The summed E-state index contributed by atoms with van der Waals surface area (Å²) in [5, 5.41) is 3.02. The lowest BCUT2D eigenvalue weighted by molar-refractivity contribution is -0.120. The number of carbonyl (C=O) groups excluding carboxylic acids is 1. The van der Waals surface area contributed by atoms with Gasteiger partial charge in [0.15, 0.2) is 0 Å². The van der Waals surface area contributed by atoms with Gasteiger partial charge in [0.05, 0.1) is 5.92 Å². The van der Waals surface area contributed by atoms with Crippen LogP contribution in [0.1, 0.15) is 18.4 Å². The van der Waals surface area contributed by atoms with E-state index in [1.807, 2.05) is 36.4 Å². The lowest BCUT2D eigenvalue weighted by atomic mass is 9.97. The van der Waals surface area contributed by atoms with Crippen LogP contribution in [0.25, 0.3) is 0 Å². The minimum atomic E-state index is -0.104. The van der Waals surface area contributed by atoms with Crippen molar-refractivity contribution < 1.29 is 9.53 Å². The van der Waals surface area contributed by atoms with Gasteiger partial charge in [0.25, 0.3) is 0 Å². The summed E-state index contributed by atoms with van der Waals surface area (Å²) in [4.78, 5) is 27.6. The topological polar surface area (TPSA) is 80.2 Å². The summed E-state index contributed by atoms with van der Waals surface area (Å²) in [6.45, 7) is 1.92. The van der Waals surface area contributed by atoms with Gasteiger partial charge in [0, 0.05) is 55.2 Å². The molecule has 1 aliphatic heterocycles. The molecule has 0 saturated carbocycles. The second kappa shape index (κ2) is 9.14. The van der Waals surface area contributed by atoms with Gasteiger partial charge in [-0.25, -0.2) is 9.97 Å². The van der Waals surface area contributed by atoms with Gasteiger partial charge in [-0.2, -0.15) is 0 Å². The summed E-state index contributed by atoms with van der Waals surface area (Å²) in [5.41, 5.74) is 1.72. The molecule has 148 valence electrons. The first kappa shape index (κ1) is 18.9. The monoisotopic (exact) mass is 389 g/mol. The van der Waals surface area contributed by atoms with Gasteiger partial charge in [-0.05, 0) is 37.1 Å². The van der Waals surface area contributed by atoms with Crippen molar-refractivity contribution >= 4 is 17.5 Å². The number of benzene rings is 1. The molecule has 3 heterocycles. The van der Waals surface area contributed by atoms with Crippen LogP contribution in [-0.4, -0.2) is 33.9 Å². The number of aromatic nitrogens is 3. The van der Waals surface area contributed by atoms with Crippen LogP contribution in [0.4, 0.5) is 11.6 Å². The molecule has 1 saturated heterocycles. The predicted molar refractivity (Wildman–Crippen MR) is 111 cm³/mol. The van der Waals surface area contributed by atoms with Gasteiger partial charge in [-0.1, -0.05) is 12.1 Å². The lowest BCUT2D eigenvalue weighted by Crippen LogP contribution is -2.41. The maximum atomic E-state index is 12.8. The maximum absolute atomic E-state index is 12.8. The molecule has 1 aromatic carbocycles. The number of anilines is 2. The number of carbonyl (C=O) groups is 1. The molecule has 1 aliphatic rings. The Labute approximate surface area is 169 Å². The third-order valence-corrected chi connectivity index (χ3v) is 4.86. The first-order chi connectivity index (χ1) is 14.3. The Bertz CT molecular complexity index is 936. The summed E-state index contributed by atoms with van der Waals surface area (Å²) in [7, 11) is 0. The largest absolute Gasteiger partial charge is 0.489 e. The van der Waals surface area contributed by atoms with E-state index in [-0.39, 0.29) is 11.8 Å². The van der Waals surface area contributed by atoms with Crippen molar-refractivity contribution in [1.82, 2.24) is 15.0 Å². The third-order valence-electron chi connectivity index (χ3n) is 4.86. The number of piperidine rings is 1. The summed E-state index contributed by atoms with van der Waals surface area (Å²) in [6.07, 6.45) is 8.75. The number of nitrogens with zero attached hydrogens (tertiary/aromatic N) is 4. The highest BCUT2D eigenvalue weighted by molar-refractivity contribution is 5.93. The second-order valence-electron chi connectivity index (χ2n) is 7.00. The summed E-state index contributed by atoms with van der Waals surface area (Å²) in [5.74, 6) is 1.29. The van der Waals surface area contributed by atoms with Crippen molar-refractivity contribution in [3.63, 3.8) is 0 Å². The molecule has 2 aromatic heterocycles. The molecule has 1 atom stereocenters. The minimum Gasteiger partial charge on any atom is -0.489 e. The molecule has 7 nitrogen and oxygen atoms in total. The molecule has 0 radical (unpaired) electrons. The van der Waals surface area contributed by atoms with Crippen LogP contribution in [0.3, 0.4) is 0 Å². The molecule has 29 heavy (non-hydrogen) atoms. The predicted octanol–water partition coefficient (Wildman–Crippen LogP) is 3.31. The van der Waals surface area contributed by atoms with Crippen LogP contribution < -0.4 is 15.0 Å². The Morgan fingerprint density at radius 3 is 2.86 bits per heavy atom. The zero-order valence-electron chi connectivity index (χ0n) is 16.1. The number of amides is 1. The van der Waals surface area contributed by atoms with Gasteiger partial charge in [0.2, 0.25) is 11.9 Å². The van der Waals surface area contributed by atoms with Crippen molar-refractivity contribution in [2.45, 2.75) is 19.4 Å². The fourth-order valence-corrected chi connectivity index (χ4v) is 3.39. The molecule has 4 rings (SSSR count). The number of hydrogen-bond acceptors (Lipinski definition) is 6. The fraction of sp³-hybridized carbons (Fsp3) is 0.273. The minimum absolute atomic E-state index is 0.00930. The van der Waals surface area contributed by atoms with Crippen LogP contribution in [0.5, 0.6) is 5.75 Å². The van der Waals surface area contributed by atoms with Crippen molar-refractivity contribution in [2.75, 3.05) is 23.3 Å². The first-order valence-electron chi connectivity index (χ1n) is 9.72. The van der Waals surface area contributed by atoms with E-state index in [1.54, 1.807) is 30.9 Å². The smallest absolute Gasteiger partial charge is 0.229 e. The quantitative estimate of drug-likeness (QED) is 0.697. The number of nitrogens with one attached hydrogen (secondary N) is 1. The highest BCUT2D eigenvalue weighted by Crippen LogP contribution is 2.23. The average Bonchev–Trinajstić information content (AvgIpc) is 2.79. The molecule has 1 N–H and O–H groups in total. The molecule has 0 bridgehead atoms. The summed E-state index contributed by atoms with van der Waals surface area (Å²) in [6, 6.07) is 13.1. The molecule has 0 spiro atoms. The van der Waals surface area contributed by atoms with Crippen molar-refractivity contribution in [2.24, 2.45) is 5.92 Å². The van der Waals surface area contributed by atoms with Crippen molar-refractivity contribution in [3.8, 4) is 5.75 Å². The van der Waals surface area contributed by atoms with Gasteiger partial charge < -0.3 is 15.0 Å². The Morgan fingerprint density at radius 1 is 1.14 bits per heavy atom. The SMILES string of the molecule is O=C(Nc1cccc(OCc2cccnc2)c1)C1CCCN(c2ncccn2)C1. The maximum Gasteiger partial charge on any atom is 0.229 e. The zero-order valence-corrected chi connectivity index (χ0v) is 16.1. The molecule has 3 aromatic rings. The molecule has 1 amide bonds.